The molecule has 17 heavy (non-hydrogen) atoms. The van der Waals surface area contributed by atoms with Crippen LogP contribution in [0.3, 0.4) is 0 Å². The number of carbonyl (C=O) groups is 2. The quantitative estimate of drug-likeness (QED) is 0.747. The van der Waals surface area contributed by atoms with Gasteiger partial charge < -0.3 is 4.90 Å². The SMILES string of the molecule is CCC1CCN(C(=O)C(F)F)C(C(=O)CBr)C1. The molecule has 2 unspecified atom stereocenters. The lowest BCUT2D eigenvalue weighted by Gasteiger charge is -2.38. The van der Waals surface area contributed by atoms with Crippen molar-refractivity contribution in [3.63, 3.8) is 0 Å². The maximum Gasteiger partial charge on any atom is 0.315 e. The summed E-state index contributed by atoms with van der Waals surface area (Å²) in [5.41, 5.74) is 0. The van der Waals surface area contributed by atoms with E-state index in [0.29, 0.717) is 18.8 Å². The van der Waals surface area contributed by atoms with Gasteiger partial charge in [-0.05, 0) is 18.8 Å². The lowest BCUT2D eigenvalue weighted by atomic mass is 9.87. The first-order chi connectivity index (χ1) is 8.01. The molecule has 0 bridgehead atoms. The molecule has 0 aliphatic carbocycles. The molecule has 0 aromatic heterocycles. The molecule has 1 saturated heterocycles. The molecule has 0 N–H and O–H groups in total. The summed E-state index contributed by atoms with van der Waals surface area (Å²) in [6, 6.07) is -0.686. The number of alkyl halides is 3. The van der Waals surface area contributed by atoms with Crippen molar-refractivity contribution in [1.82, 2.24) is 4.90 Å². The molecule has 0 aromatic rings. The average Bonchev–Trinajstić information content (AvgIpc) is 2.35. The Kier molecular flexibility index (Phi) is 5.49. The fourth-order valence-electron chi connectivity index (χ4n) is 2.19. The summed E-state index contributed by atoms with van der Waals surface area (Å²) in [6.07, 6.45) is -0.928. The monoisotopic (exact) mass is 311 g/mol. The van der Waals surface area contributed by atoms with Crippen molar-refractivity contribution in [2.24, 2.45) is 5.92 Å². The van der Waals surface area contributed by atoms with Gasteiger partial charge in [-0.2, -0.15) is 8.78 Å². The van der Waals surface area contributed by atoms with Crippen molar-refractivity contribution < 1.29 is 18.4 Å². The molecule has 1 aliphatic rings. The molecule has 3 nitrogen and oxygen atoms in total. The second-order valence-corrected chi connectivity index (χ2v) is 4.81. The molecular formula is C11H16BrF2NO2. The Hall–Kier alpha value is -0.520. The van der Waals surface area contributed by atoms with E-state index in [1.165, 1.54) is 0 Å². The summed E-state index contributed by atoms with van der Waals surface area (Å²) in [5.74, 6) is -1.08. The second kappa shape index (κ2) is 6.42. The van der Waals surface area contributed by atoms with Crippen LogP contribution in [0.1, 0.15) is 26.2 Å². The summed E-state index contributed by atoms with van der Waals surface area (Å²) in [7, 11) is 0. The maximum absolute atomic E-state index is 12.4. The first-order valence-electron chi connectivity index (χ1n) is 5.68. The van der Waals surface area contributed by atoms with E-state index in [1.54, 1.807) is 0 Å². The largest absolute Gasteiger partial charge is 0.328 e. The van der Waals surface area contributed by atoms with E-state index in [-0.39, 0.29) is 17.7 Å². The van der Waals surface area contributed by atoms with E-state index in [4.69, 9.17) is 0 Å². The van der Waals surface area contributed by atoms with E-state index in [1.807, 2.05) is 6.92 Å². The number of amides is 1. The van der Waals surface area contributed by atoms with Gasteiger partial charge in [-0.25, -0.2) is 0 Å². The number of ketones is 1. The molecule has 1 heterocycles. The molecular weight excluding hydrogens is 296 g/mol. The zero-order chi connectivity index (χ0) is 13.0. The van der Waals surface area contributed by atoms with Gasteiger partial charge in [0.15, 0.2) is 5.78 Å². The molecule has 0 radical (unpaired) electrons. The molecule has 6 heteroatoms. The lowest BCUT2D eigenvalue weighted by molar-refractivity contribution is -0.151. The van der Waals surface area contributed by atoms with Crippen LogP contribution in [-0.2, 0) is 9.59 Å². The first kappa shape index (κ1) is 14.5. The Morgan fingerprint density at radius 2 is 2.12 bits per heavy atom. The summed E-state index contributed by atoms with van der Waals surface area (Å²) in [6.45, 7) is 2.26. The number of carbonyl (C=O) groups excluding carboxylic acids is 2. The van der Waals surface area contributed by atoms with Gasteiger partial charge in [0.1, 0.15) is 0 Å². The number of hydrogen-bond donors (Lipinski definition) is 0. The number of nitrogens with zero attached hydrogens (tertiary/aromatic N) is 1. The van der Waals surface area contributed by atoms with Crippen LogP contribution in [0.5, 0.6) is 0 Å². The third kappa shape index (κ3) is 3.47. The Labute approximate surface area is 108 Å². The molecule has 1 amide bonds. The molecule has 1 aliphatic heterocycles. The second-order valence-electron chi connectivity index (χ2n) is 4.25. The number of Topliss-reactive ketones (excluding diaryl/α,β-unsaturated/α-hetero) is 1. The Bertz CT molecular complexity index is 299. The van der Waals surface area contributed by atoms with Gasteiger partial charge in [-0.15, -0.1) is 0 Å². The van der Waals surface area contributed by atoms with Crippen LogP contribution in [-0.4, -0.2) is 40.9 Å². The number of halogens is 3. The predicted octanol–water partition coefficient (Wildman–Crippen LogP) is 2.23. The van der Waals surface area contributed by atoms with Gasteiger partial charge in [0, 0.05) is 6.54 Å². The molecule has 98 valence electrons. The fourth-order valence-corrected chi connectivity index (χ4v) is 2.57. The van der Waals surface area contributed by atoms with E-state index in [0.717, 1.165) is 11.3 Å². The highest BCUT2D eigenvalue weighted by Gasteiger charge is 2.37. The van der Waals surface area contributed by atoms with Crippen LogP contribution in [0, 0.1) is 5.92 Å². The summed E-state index contributed by atoms with van der Waals surface area (Å²) >= 11 is 3.03. The molecule has 2 atom stereocenters. The Balaban J connectivity index is 2.80. The molecule has 1 rings (SSSR count). The normalized spacial score (nSPS) is 25.1. The third-order valence-electron chi connectivity index (χ3n) is 3.26. The summed E-state index contributed by atoms with van der Waals surface area (Å²) in [4.78, 5) is 24.1. The average molecular weight is 312 g/mol. The summed E-state index contributed by atoms with van der Waals surface area (Å²) in [5, 5.41) is 0.0983. The number of piperidine rings is 1. The fraction of sp³-hybridized carbons (Fsp3) is 0.818. The first-order valence-corrected chi connectivity index (χ1v) is 6.80. The van der Waals surface area contributed by atoms with Gasteiger partial charge in [0.05, 0.1) is 11.4 Å². The van der Waals surface area contributed by atoms with E-state index >= 15 is 0 Å². The molecule has 1 fully saturated rings. The van der Waals surface area contributed by atoms with Gasteiger partial charge in [-0.1, -0.05) is 29.3 Å². The van der Waals surface area contributed by atoms with Crippen molar-refractivity contribution in [3.8, 4) is 0 Å². The van der Waals surface area contributed by atoms with Gasteiger partial charge in [0.2, 0.25) is 0 Å². The minimum Gasteiger partial charge on any atom is -0.328 e. The molecule has 0 saturated carbocycles. The zero-order valence-corrected chi connectivity index (χ0v) is 11.3. The Morgan fingerprint density at radius 1 is 1.47 bits per heavy atom. The summed E-state index contributed by atoms with van der Waals surface area (Å²) < 4.78 is 24.8. The van der Waals surface area contributed by atoms with Crippen molar-refractivity contribution in [2.75, 3.05) is 11.9 Å². The predicted molar refractivity (Wildman–Crippen MR) is 63.3 cm³/mol. The van der Waals surface area contributed by atoms with Gasteiger partial charge in [-0.3, -0.25) is 9.59 Å². The van der Waals surface area contributed by atoms with Crippen LogP contribution in [0.4, 0.5) is 8.78 Å². The highest BCUT2D eigenvalue weighted by molar-refractivity contribution is 9.09. The highest BCUT2D eigenvalue weighted by Crippen LogP contribution is 2.27. The van der Waals surface area contributed by atoms with Crippen LogP contribution >= 0.6 is 15.9 Å². The van der Waals surface area contributed by atoms with E-state index < -0.39 is 18.4 Å². The topological polar surface area (TPSA) is 37.4 Å². The van der Waals surface area contributed by atoms with Crippen LogP contribution in [0.2, 0.25) is 0 Å². The minimum absolute atomic E-state index is 0.0983. The van der Waals surface area contributed by atoms with E-state index in [2.05, 4.69) is 15.9 Å². The van der Waals surface area contributed by atoms with Crippen LogP contribution in [0.25, 0.3) is 0 Å². The lowest BCUT2D eigenvalue weighted by Crippen LogP contribution is -2.52. The molecule has 0 spiro atoms. The van der Waals surface area contributed by atoms with Gasteiger partial charge in [0.25, 0.3) is 5.91 Å². The Morgan fingerprint density at radius 3 is 2.59 bits per heavy atom. The maximum atomic E-state index is 12.4. The third-order valence-corrected chi connectivity index (χ3v) is 3.81. The number of likely N-dealkylation sites (tertiary alicyclic amines) is 1. The van der Waals surface area contributed by atoms with Crippen molar-refractivity contribution in [1.29, 1.82) is 0 Å². The smallest absolute Gasteiger partial charge is 0.315 e. The standard InChI is InChI=1S/C11H16BrF2NO2/c1-2-7-3-4-15(11(17)10(13)14)8(5-7)9(16)6-12/h7-8,10H,2-6H2,1H3. The van der Waals surface area contributed by atoms with Crippen molar-refractivity contribution >= 4 is 27.6 Å². The minimum atomic E-state index is -3.03. The number of rotatable bonds is 4. The van der Waals surface area contributed by atoms with Gasteiger partial charge >= 0.3 is 6.43 Å². The van der Waals surface area contributed by atoms with E-state index in [9.17, 15) is 18.4 Å². The van der Waals surface area contributed by atoms with Crippen molar-refractivity contribution in [2.45, 2.75) is 38.7 Å². The van der Waals surface area contributed by atoms with Crippen molar-refractivity contribution in [3.05, 3.63) is 0 Å². The van der Waals surface area contributed by atoms with Crippen LogP contribution < -0.4 is 0 Å². The molecule has 0 aromatic carbocycles. The highest BCUT2D eigenvalue weighted by atomic mass is 79.9. The van der Waals surface area contributed by atoms with Crippen LogP contribution in [0.15, 0.2) is 0 Å². The zero-order valence-electron chi connectivity index (χ0n) is 9.67. The number of hydrogen-bond acceptors (Lipinski definition) is 2.